The molecule has 0 N–H and O–H groups in total. The van der Waals surface area contributed by atoms with Crippen molar-refractivity contribution in [3.8, 4) is 89.5 Å². The summed E-state index contributed by atoms with van der Waals surface area (Å²) in [6.07, 6.45) is 9.51. The lowest BCUT2D eigenvalue weighted by Gasteiger charge is -2.19. The van der Waals surface area contributed by atoms with E-state index in [1.807, 2.05) is 217 Å². The molecule has 1 fully saturated rings. The van der Waals surface area contributed by atoms with Gasteiger partial charge >= 0.3 is 0 Å². The minimum Gasteiger partial charge on any atom is -0.201 e. The van der Waals surface area contributed by atoms with Gasteiger partial charge in [-0.1, -0.05) is 219 Å². The van der Waals surface area contributed by atoms with E-state index >= 15 is 0 Å². The van der Waals surface area contributed by atoms with Gasteiger partial charge in [0, 0.05) is 85.2 Å². The van der Waals surface area contributed by atoms with E-state index in [4.69, 9.17) is 16.4 Å². The molecule has 103 heavy (non-hydrogen) atoms. The summed E-state index contributed by atoms with van der Waals surface area (Å²) in [7, 11) is 8.01. The molecule has 0 unspecified atom stereocenters. The van der Waals surface area contributed by atoms with Gasteiger partial charge in [0.1, 0.15) is 28.2 Å². The van der Waals surface area contributed by atoms with Gasteiger partial charge in [-0.25, -0.2) is 18.3 Å². The van der Waals surface area contributed by atoms with Crippen LogP contribution in [0.1, 0.15) is 180 Å². The molecule has 0 radical (unpaired) electrons. The van der Waals surface area contributed by atoms with Crippen molar-refractivity contribution in [2.24, 2.45) is 39.5 Å². The summed E-state index contributed by atoms with van der Waals surface area (Å²) in [5.74, 6) is -1.24. The predicted molar refractivity (Wildman–Crippen MR) is 438 cm³/mol. The Morgan fingerprint density at radius 3 is 1.16 bits per heavy atom. The van der Waals surface area contributed by atoms with Crippen molar-refractivity contribution >= 4 is 0 Å². The van der Waals surface area contributed by atoms with Crippen molar-refractivity contribution in [1.29, 1.82) is 0 Å². The fourth-order valence-electron chi connectivity index (χ4n) is 14.1. The Kier molecular flexibility index (Phi) is 19.9. The average molecular weight is 1370 g/mol. The summed E-state index contributed by atoms with van der Waals surface area (Å²) in [5, 5.41) is 0. The number of hydrogen-bond acceptors (Lipinski definition) is 0. The Balaban J connectivity index is 0.000000162. The van der Waals surface area contributed by atoms with Crippen LogP contribution in [0.2, 0.25) is 0 Å². The van der Waals surface area contributed by atoms with Crippen molar-refractivity contribution in [1.82, 2.24) is 0 Å². The van der Waals surface area contributed by atoms with Crippen molar-refractivity contribution in [3.63, 3.8) is 0 Å². The molecule has 0 spiro atoms. The lowest BCUT2D eigenvalue weighted by molar-refractivity contribution is -0.661. The summed E-state index contributed by atoms with van der Waals surface area (Å²) in [5.41, 5.74) is 28.9. The van der Waals surface area contributed by atoms with Gasteiger partial charge in [-0.15, -0.1) is 0 Å². The molecule has 8 aromatic carbocycles. The SMILES string of the molecule is [2H]C([2H])([2H])c1cc(C)c(-c2cc(C)c(C([2H])(C)C)c[n+]2C)cc1-c1ccccc1.[2H]C([2H])([2H])c1cc(C)c(-c2cc(C)c(C([2H])([2H])C(C)C)c[n+]2C)cc1-c1ccccc1.[2H]C([2H])(c1c[n+](C)c(-c2cc(-c3ccccc3)ccc2C)cc1C)C(C)(C)C.[2H]C1(c2c[n+](C)c(-c3cc(-c4ccccc4)ccc3C)cc2C)CCCC1. The molecule has 0 aliphatic heterocycles. The van der Waals surface area contributed by atoms with E-state index in [0.29, 0.717) is 22.3 Å². The summed E-state index contributed by atoms with van der Waals surface area (Å²) in [6, 6.07) is 69.5. The maximum Gasteiger partial charge on any atom is 0.212 e. The summed E-state index contributed by atoms with van der Waals surface area (Å²) in [4.78, 5) is 0. The highest BCUT2D eigenvalue weighted by atomic mass is 14.9. The normalized spacial score (nSPS) is 14.8. The van der Waals surface area contributed by atoms with E-state index in [-0.39, 0.29) is 5.92 Å². The third-order valence-corrected chi connectivity index (χ3v) is 19.7. The molecule has 1 aliphatic carbocycles. The van der Waals surface area contributed by atoms with Crippen LogP contribution in [0.3, 0.4) is 0 Å². The highest BCUT2D eigenvalue weighted by molar-refractivity contribution is 5.78. The molecule has 12 aromatic rings. The molecular weight excluding hydrogens is 1250 g/mol. The van der Waals surface area contributed by atoms with E-state index in [0.717, 1.165) is 96.7 Å². The maximum absolute atomic E-state index is 8.91. The van der Waals surface area contributed by atoms with E-state index < -0.39 is 43.7 Å². The Morgan fingerprint density at radius 2 is 0.748 bits per heavy atom. The number of aryl methyl sites for hydroxylation is 14. The Morgan fingerprint density at radius 1 is 0.379 bits per heavy atom. The van der Waals surface area contributed by atoms with E-state index in [2.05, 4.69) is 152 Å². The van der Waals surface area contributed by atoms with Crippen LogP contribution >= 0.6 is 0 Å². The largest absolute Gasteiger partial charge is 0.212 e. The molecule has 0 saturated heterocycles. The number of benzene rings is 8. The van der Waals surface area contributed by atoms with Gasteiger partial charge in [0.2, 0.25) is 22.8 Å². The Hall–Kier alpha value is -9.64. The first-order chi connectivity index (χ1) is 53.7. The van der Waals surface area contributed by atoms with Gasteiger partial charge in [-0.3, -0.25) is 0 Å². The number of aromatic nitrogens is 4. The van der Waals surface area contributed by atoms with Gasteiger partial charge in [0.05, 0.1) is 0 Å². The standard InChI is InChI=1S/C25H28N.2C25H30N.C24H28N/c1-18-13-14-22(20-9-5-4-6-10-20)16-23(18)25-15-19(2)24(17-26(25)3)21-11-7-8-12-21;1-17(2)12-22-16-26(6)25(14-18(22)3)24-15-23(19(4)13-20(24)5)21-10-8-7-9-11-21;1-18-12-13-21(20-10-8-7-9-11-20)15-23(18)24-14-19(2)22(17-26(24)6)16-25(3,4)5;1-16(2)23-15-25(6)24(13-19(23)5)22-14-21(17(3)12-18(22)4)20-10-8-7-9-11-20/h4-6,9-10,13-17,21H,7-8,11-12H2,1-3H3;7-11,13-17H,12H2,1-6H3;7-15,17H,16H2,1-6H3;7-16H,1-6H3/q4*+1/i21D;4D3,12D2;16D2;3D3,16D. The van der Waals surface area contributed by atoms with Crippen LogP contribution < -0.4 is 18.3 Å². The van der Waals surface area contributed by atoms with Crippen LogP contribution in [0, 0.1) is 80.4 Å². The quantitative estimate of drug-likeness (QED) is 0.102. The summed E-state index contributed by atoms with van der Waals surface area (Å²) < 4.78 is 108. The van der Waals surface area contributed by atoms with Crippen LogP contribution in [-0.4, -0.2) is 0 Å². The fraction of sp³-hybridized carbons (Fsp3) is 0.313. The Labute approximate surface area is 637 Å². The Bertz CT molecular complexity index is 5470. The number of nitrogens with zero attached hydrogens (tertiary/aromatic N) is 4. The average Bonchev–Trinajstić information content (AvgIpc) is 1.05. The molecule has 528 valence electrons. The first kappa shape index (κ1) is 60.9. The van der Waals surface area contributed by atoms with Crippen molar-refractivity contribution in [2.75, 3.05) is 0 Å². The molecule has 1 saturated carbocycles. The van der Waals surface area contributed by atoms with Gasteiger partial charge < -0.3 is 0 Å². The highest BCUT2D eigenvalue weighted by Gasteiger charge is 2.26. The van der Waals surface area contributed by atoms with E-state index in [1.54, 1.807) is 12.1 Å². The summed E-state index contributed by atoms with van der Waals surface area (Å²) in [6.45, 7) is 25.3. The van der Waals surface area contributed by atoms with Crippen LogP contribution in [-0.2, 0) is 40.9 Å². The monoisotopic (exact) mass is 1370 g/mol. The topological polar surface area (TPSA) is 15.5 Å². The first-order valence-corrected chi connectivity index (χ1v) is 36.5. The minimum atomic E-state index is -2.22. The molecule has 0 amide bonds. The van der Waals surface area contributed by atoms with Crippen molar-refractivity contribution in [2.45, 2.75) is 168 Å². The van der Waals surface area contributed by atoms with Crippen LogP contribution in [0.4, 0.5) is 0 Å². The van der Waals surface area contributed by atoms with Crippen molar-refractivity contribution < 1.29 is 34.7 Å². The van der Waals surface area contributed by atoms with E-state index in [9.17, 15) is 0 Å². The zero-order valence-corrected chi connectivity index (χ0v) is 64.6. The van der Waals surface area contributed by atoms with Crippen LogP contribution in [0.25, 0.3) is 89.5 Å². The summed E-state index contributed by atoms with van der Waals surface area (Å²) >= 11 is 0. The number of hydrogen-bond donors (Lipinski definition) is 0. The van der Waals surface area contributed by atoms with Crippen molar-refractivity contribution in [3.05, 3.63) is 309 Å². The van der Waals surface area contributed by atoms with Crippen LogP contribution in [0.5, 0.6) is 0 Å². The molecule has 4 nitrogen and oxygen atoms in total. The van der Waals surface area contributed by atoms with Gasteiger partial charge in [0.15, 0.2) is 24.8 Å². The maximum atomic E-state index is 8.91. The second-order valence-corrected chi connectivity index (χ2v) is 29.9. The number of pyridine rings is 4. The van der Waals surface area contributed by atoms with E-state index in [1.165, 1.54) is 74.2 Å². The van der Waals surface area contributed by atoms with Gasteiger partial charge in [-0.2, -0.15) is 0 Å². The highest BCUT2D eigenvalue weighted by Crippen LogP contribution is 2.39. The second kappa shape index (κ2) is 33.6. The zero-order valence-electron chi connectivity index (χ0n) is 76.6. The molecule has 4 aromatic heterocycles. The smallest absolute Gasteiger partial charge is 0.201 e. The minimum absolute atomic E-state index is 0.151. The van der Waals surface area contributed by atoms with Gasteiger partial charge in [0.25, 0.3) is 0 Å². The molecule has 0 atom stereocenters. The van der Waals surface area contributed by atoms with Crippen LogP contribution in [0.15, 0.2) is 231 Å². The number of rotatable bonds is 13. The molecule has 4 heteroatoms. The lowest BCUT2D eigenvalue weighted by Crippen LogP contribution is -2.32. The first-order valence-electron chi connectivity index (χ1n) is 42.5. The molecule has 4 heterocycles. The second-order valence-electron chi connectivity index (χ2n) is 29.9. The third-order valence-electron chi connectivity index (χ3n) is 19.7. The molecular formula is C99H116N4+4. The molecule has 1 aliphatic rings. The predicted octanol–water partition coefficient (Wildman–Crippen LogP) is 24.0. The molecule has 13 rings (SSSR count). The fourth-order valence-corrected chi connectivity index (χ4v) is 14.1. The lowest BCUT2D eigenvalue weighted by atomic mass is 9.86. The zero-order chi connectivity index (χ0) is 84.4. The van der Waals surface area contributed by atoms with Gasteiger partial charge in [-0.05, 0) is 242 Å². The third kappa shape index (κ3) is 18.8. The molecule has 0 bridgehead atoms.